The highest BCUT2D eigenvalue weighted by Crippen LogP contribution is 2.64. The van der Waals surface area contributed by atoms with Crippen molar-refractivity contribution in [2.24, 2.45) is 0 Å². The lowest BCUT2D eigenvalue weighted by atomic mass is 10.2. The molecule has 11 heteroatoms. The minimum atomic E-state index is -2.84. The first-order chi connectivity index (χ1) is 12.5. The lowest BCUT2D eigenvalue weighted by Crippen LogP contribution is -2.33. The van der Waals surface area contributed by atoms with Gasteiger partial charge in [-0.3, -0.25) is 9.59 Å². The molecule has 0 aliphatic carbocycles. The van der Waals surface area contributed by atoms with Gasteiger partial charge in [0.05, 0.1) is 23.7 Å². The van der Waals surface area contributed by atoms with Crippen LogP contribution >= 0.6 is 21.6 Å². The van der Waals surface area contributed by atoms with Crippen LogP contribution in [0.1, 0.15) is 13.3 Å². The maximum absolute atomic E-state index is 13.8. The number of hydrogen-bond donors (Lipinski definition) is 1. The Morgan fingerprint density at radius 1 is 1.56 bits per heavy atom. The number of pyridine rings is 1. The molecule has 5 unspecified atom stereocenters. The molecule has 1 aromatic heterocycles. The third-order valence-electron chi connectivity index (χ3n) is 4.89. The highest BCUT2D eigenvalue weighted by atomic mass is 35.5. The molecule has 0 spiro atoms. The Morgan fingerprint density at radius 3 is 2.70 bits per heavy atom. The van der Waals surface area contributed by atoms with Gasteiger partial charge in [-0.1, -0.05) is 18.1 Å². The van der Waals surface area contributed by atoms with E-state index in [0.29, 0.717) is 16.7 Å². The topological polar surface area (TPSA) is 74.2 Å². The predicted molar refractivity (Wildman–Crippen MR) is 105 cm³/mol. The number of nitrogens with one attached hydrogen (secondary N) is 1. The molecule has 1 amide bonds. The fourth-order valence-electron chi connectivity index (χ4n) is 3.21. The second kappa shape index (κ2) is 8.67. The molecule has 27 heavy (non-hydrogen) atoms. The van der Waals surface area contributed by atoms with Gasteiger partial charge >= 0.3 is 0 Å². The second-order valence-corrected chi connectivity index (χ2v) is 13.0. The smallest absolute Gasteiger partial charge is 0.286 e. The first-order valence-corrected chi connectivity index (χ1v) is 12.6. The Kier molecular flexibility index (Phi) is 7.21. The number of hydrogen-bond acceptors (Lipinski definition) is 3. The van der Waals surface area contributed by atoms with E-state index in [1.54, 1.807) is 6.26 Å². The minimum Gasteiger partial charge on any atom is -0.616 e. The van der Waals surface area contributed by atoms with Gasteiger partial charge in [0.15, 0.2) is 5.82 Å². The fourth-order valence-corrected chi connectivity index (χ4v) is 9.65. The Labute approximate surface area is 165 Å². The quantitative estimate of drug-likeness (QED) is 0.539. The summed E-state index contributed by atoms with van der Waals surface area (Å²) in [6, 6.07) is 0.809. The molecule has 5 nitrogen and oxygen atoms in total. The van der Waals surface area contributed by atoms with Crippen LogP contribution in [0, 0.1) is 5.82 Å². The van der Waals surface area contributed by atoms with Gasteiger partial charge in [-0.05, 0) is 12.0 Å². The van der Waals surface area contributed by atoms with Gasteiger partial charge < -0.3 is 14.4 Å². The van der Waals surface area contributed by atoms with E-state index in [-0.39, 0.29) is 10.9 Å². The maximum Gasteiger partial charge on any atom is 0.286 e. The molecule has 1 fully saturated rings. The van der Waals surface area contributed by atoms with Gasteiger partial charge in [-0.25, -0.2) is 23.2 Å². The first-order valence-electron chi connectivity index (χ1n) is 8.20. The number of carbonyl (C=O) groups excluding carboxylic acids is 1. The number of aromatic nitrogens is 1. The van der Waals surface area contributed by atoms with Gasteiger partial charge in [-0.2, -0.15) is 0 Å². The Morgan fingerprint density at radius 2 is 2.19 bits per heavy atom. The van der Waals surface area contributed by atoms with Crippen LogP contribution in [0.5, 0.6) is 0 Å². The van der Waals surface area contributed by atoms with Crippen molar-refractivity contribution in [2.45, 2.75) is 41.5 Å². The number of alkyl halides is 3. The molecule has 1 aromatic rings. The summed E-state index contributed by atoms with van der Waals surface area (Å²) in [5.74, 6) is -1.02. The summed E-state index contributed by atoms with van der Waals surface area (Å²) >= 11 is 5.33. The van der Waals surface area contributed by atoms with Crippen LogP contribution in [0.15, 0.2) is 17.1 Å². The number of amides is 1. The van der Waals surface area contributed by atoms with Crippen molar-refractivity contribution < 1.29 is 22.5 Å². The third kappa shape index (κ3) is 4.60. The molecule has 5 atom stereocenters. The average Bonchev–Trinajstić information content (AvgIpc) is 2.84. The van der Waals surface area contributed by atoms with Crippen molar-refractivity contribution in [1.29, 1.82) is 0 Å². The zero-order valence-electron chi connectivity index (χ0n) is 15.1. The van der Waals surface area contributed by atoms with E-state index in [1.807, 2.05) is 13.2 Å². The number of halogens is 4. The zero-order valence-corrected chi connectivity index (χ0v) is 17.5. The average molecular weight is 447 g/mol. The molecule has 0 bridgehead atoms. The van der Waals surface area contributed by atoms with Crippen molar-refractivity contribution in [2.75, 3.05) is 23.6 Å². The number of carbonyl (C=O) groups is 1. The van der Waals surface area contributed by atoms with Crippen molar-refractivity contribution in [3.05, 3.63) is 28.4 Å². The molecule has 154 valence electrons. The predicted octanol–water partition coefficient (Wildman–Crippen LogP) is 2.73. The Hall–Kier alpha value is -0.840. The van der Waals surface area contributed by atoms with Crippen molar-refractivity contribution in [1.82, 2.24) is 4.57 Å². The Balaban J connectivity index is 2.28. The molecule has 2 rings (SSSR count). The summed E-state index contributed by atoms with van der Waals surface area (Å²) in [5.41, 5.74) is -1.26. The van der Waals surface area contributed by atoms with Crippen molar-refractivity contribution >= 4 is 44.4 Å². The normalized spacial score (nSPS) is 31.5. The molecule has 0 radical (unpaired) electrons. The summed E-state index contributed by atoms with van der Waals surface area (Å²) in [5, 5.41) is 1.69. The maximum atomic E-state index is 13.8. The van der Waals surface area contributed by atoms with E-state index in [0.717, 1.165) is 12.3 Å². The SMILES string of the molecule is CCS1(C)C(C(=O)Nc2cc(F)c(=O)n(CC(F)F)c2)CC([S+](C)[O-])C1Cl. The number of nitrogens with zero attached hydrogens (tertiary/aromatic N) is 1. The van der Waals surface area contributed by atoms with E-state index in [1.165, 1.54) is 0 Å². The lowest BCUT2D eigenvalue weighted by molar-refractivity contribution is -0.115. The van der Waals surface area contributed by atoms with Crippen molar-refractivity contribution in [3.63, 3.8) is 0 Å². The molecular formula is C16H22ClF3N2O3S2. The van der Waals surface area contributed by atoms with Gasteiger partial charge in [0.1, 0.15) is 9.96 Å². The van der Waals surface area contributed by atoms with Crippen LogP contribution in [0.2, 0.25) is 0 Å². The minimum absolute atomic E-state index is 0.0807. The van der Waals surface area contributed by atoms with Crippen LogP contribution in [0.3, 0.4) is 0 Å². The molecule has 0 aromatic carbocycles. The molecule has 2 heterocycles. The van der Waals surface area contributed by atoms with Crippen LogP contribution in [0.25, 0.3) is 0 Å². The molecule has 1 saturated heterocycles. The summed E-state index contributed by atoms with van der Waals surface area (Å²) in [4.78, 5) is 24.4. The van der Waals surface area contributed by atoms with E-state index < -0.39 is 61.4 Å². The van der Waals surface area contributed by atoms with Crippen LogP contribution in [-0.4, -0.2) is 54.9 Å². The molecule has 1 aliphatic rings. The van der Waals surface area contributed by atoms with Crippen LogP contribution in [0.4, 0.5) is 18.9 Å². The molecule has 0 saturated carbocycles. The van der Waals surface area contributed by atoms with Crippen molar-refractivity contribution in [3.8, 4) is 0 Å². The van der Waals surface area contributed by atoms with Crippen LogP contribution < -0.4 is 10.9 Å². The highest BCUT2D eigenvalue weighted by Gasteiger charge is 2.53. The third-order valence-corrected chi connectivity index (χ3v) is 12.4. The van der Waals surface area contributed by atoms with E-state index in [4.69, 9.17) is 11.6 Å². The highest BCUT2D eigenvalue weighted by molar-refractivity contribution is 8.36. The number of anilines is 1. The monoisotopic (exact) mass is 446 g/mol. The molecule has 1 N–H and O–H groups in total. The molecular weight excluding hydrogens is 425 g/mol. The van der Waals surface area contributed by atoms with Gasteiger partial charge in [-0.15, -0.1) is 11.6 Å². The lowest BCUT2D eigenvalue weighted by Gasteiger charge is -2.38. The van der Waals surface area contributed by atoms with Gasteiger partial charge in [0.25, 0.3) is 12.0 Å². The van der Waals surface area contributed by atoms with Gasteiger partial charge in [0.2, 0.25) is 5.91 Å². The summed E-state index contributed by atoms with van der Waals surface area (Å²) < 4.78 is 51.0. The number of rotatable bonds is 6. The van der Waals surface area contributed by atoms with E-state index in [2.05, 4.69) is 5.32 Å². The zero-order chi connectivity index (χ0) is 20.5. The van der Waals surface area contributed by atoms with Crippen LogP contribution in [-0.2, 0) is 22.5 Å². The summed E-state index contributed by atoms with van der Waals surface area (Å²) in [6.45, 7) is 0.940. The first kappa shape index (κ1) is 22.4. The summed E-state index contributed by atoms with van der Waals surface area (Å²) in [6.07, 6.45) is 1.96. The second-order valence-electron chi connectivity index (χ2n) is 6.55. The Bertz CT molecular complexity index is 765. The standard InChI is InChI=1S/C16H22ClF3N2O3S2/c1-4-27(3)12(6-11(14(27)17)26(2)25)15(23)21-9-5-10(18)16(24)22(7-9)8-13(19)20/h5,7,11-14H,4,6,8H2,1-3H3,(H,21,23). The largest absolute Gasteiger partial charge is 0.616 e. The fraction of sp³-hybridized carbons (Fsp3) is 0.625. The molecule has 1 aliphatic heterocycles. The summed E-state index contributed by atoms with van der Waals surface area (Å²) in [7, 11) is -1.64. The van der Waals surface area contributed by atoms with Gasteiger partial charge in [0, 0.05) is 18.7 Å². The van der Waals surface area contributed by atoms with E-state index in [9.17, 15) is 27.3 Å². The van der Waals surface area contributed by atoms with E-state index >= 15 is 0 Å².